The Bertz CT molecular complexity index is 1230. The molecule has 0 aliphatic carbocycles. The maximum Gasteiger partial charge on any atom is 0.236 e. The average Bonchev–Trinajstić information content (AvgIpc) is 3.66. The van der Waals surface area contributed by atoms with Gasteiger partial charge >= 0.3 is 0 Å². The molecule has 0 bridgehead atoms. The molecule has 10 heteroatoms. The number of carbonyl (C=O) groups excluding carboxylic acids is 1. The molecule has 1 amide bonds. The number of thiazole rings is 1. The smallest absolute Gasteiger partial charge is 0.236 e. The molecule has 1 N–H and O–H groups in total. The van der Waals surface area contributed by atoms with Gasteiger partial charge in [-0.05, 0) is 37.0 Å². The molecule has 0 spiro atoms. The molecule has 0 atom stereocenters. The number of anilines is 2. The first kappa shape index (κ1) is 22.7. The summed E-state index contributed by atoms with van der Waals surface area (Å²) in [6.07, 6.45) is 4.97. The molecular weight excluding hydrogens is 468 g/mol. The largest absolute Gasteiger partial charge is 0.467 e. The van der Waals surface area contributed by atoms with Crippen molar-refractivity contribution >= 4 is 40.1 Å². The number of rotatable bonds is 9. The van der Waals surface area contributed by atoms with Gasteiger partial charge in [0.05, 0.1) is 24.3 Å². The first-order valence-corrected chi connectivity index (χ1v) is 13.2. The second-order valence-corrected chi connectivity index (χ2v) is 9.87. The van der Waals surface area contributed by atoms with Crippen molar-refractivity contribution in [3.8, 4) is 11.3 Å². The van der Waals surface area contributed by atoms with Crippen LogP contribution in [-0.4, -0.2) is 44.5 Å². The van der Waals surface area contributed by atoms with Gasteiger partial charge in [-0.15, -0.1) is 21.5 Å². The summed E-state index contributed by atoms with van der Waals surface area (Å²) in [4.78, 5) is 19.5. The number of aryl methyl sites for hydroxylation is 1. The molecule has 5 rings (SSSR count). The zero-order valence-electron chi connectivity index (χ0n) is 18.9. The number of amides is 1. The predicted octanol–water partition coefficient (Wildman–Crippen LogP) is 4.94. The summed E-state index contributed by atoms with van der Waals surface area (Å²) in [6, 6.07) is 12.2. The van der Waals surface area contributed by atoms with E-state index in [1.165, 1.54) is 28.7 Å². The number of benzene rings is 1. The van der Waals surface area contributed by atoms with E-state index in [4.69, 9.17) is 4.42 Å². The highest BCUT2D eigenvalue weighted by atomic mass is 32.2. The summed E-state index contributed by atoms with van der Waals surface area (Å²) in [5, 5.41) is 15.0. The Hall–Kier alpha value is -3.11. The second-order valence-electron chi connectivity index (χ2n) is 8.07. The van der Waals surface area contributed by atoms with Crippen molar-refractivity contribution in [3.05, 3.63) is 59.4 Å². The zero-order chi connectivity index (χ0) is 23.3. The highest BCUT2D eigenvalue weighted by Gasteiger charge is 2.22. The number of hydrogen-bond acceptors (Lipinski definition) is 8. The average molecular weight is 495 g/mol. The van der Waals surface area contributed by atoms with Crippen molar-refractivity contribution in [2.75, 3.05) is 29.1 Å². The van der Waals surface area contributed by atoms with E-state index in [1.807, 2.05) is 22.1 Å². The van der Waals surface area contributed by atoms with Crippen molar-refractivity contribution in [2.45, 2.75) is 37.9 Å². The van der Waals surface area contributed by atoms with Crippen molar-refractivity contribution in [3.63, 3.8) is 0 Å². The molecular formula is C24H26N6O2S2. The first-order valence-electron chi connectivity index (χ1n) is 11.4. The van der Waals surface area contributed by atoms with E-state index in [0.29, 0.717) is 16.8 Å². The minimum Gasteiger partial charge on any atom is -0.467 e. The summed E-state index contributed by atoms with van der Waals surface area (Å²) in [5.74, 6) is 1.75. The first-order chi connectivity index (χ1) is 16.7. The van der Waals surface area contributed by atoms with Gasteiger partial charge in [0, 0.05) is 24.0 Å². The predicted molar refractivity (Wildman–Crippen MR) is 136 cm³/mol. The van der Waals surface area contributed by atoms with Crippen LogP contribution in [0.25, 0.3) is 11.3 Å². The highest BCUT2D eigenvalue weighted by molar-refractivity contribution is 7.99. The Morgan fingerprint density at radius 1 is 1.18 bits per heavy atom. The number of nitrogens with one attached hydrogen (secondary N) is 1. The van der Waals surface area contributed by atoms with Gasteiger partial charge in [-0.3, -0.25) is 9.36 Å². The van der Waals surface area contributed by atoms with E-state index in [-0.39, 0.29) is 11.7 Å². The van der Waals surface area contributed by atoms with Crippen LogP contribution in [0.5, 0.6) is 0 Å². The van der Waals surface area contributed by atoms with E-state index in [0.717, 1.165) is 55.3 Å². The molecule has 0 unspecified atom stereocenters. The van der Waals surface area contributed by atoms with Crippen molar-refractivity contribution in [1.29, 1.82) is 0 Å². The molecule has 1 aliphatic heterocycles. The zero-order valence-corrected chi connectivity index (χ0v) is 20.6. The van der Waals surface area contributed by atoms with Gasteiger partial charge in [-0.2, -0.15) is 0 Å². The lowest BCUT2D eigenvalue weighted by atomic mass is 10.1. The lowest BCUT2D eigenvalue weighted by molar-refractivity contribution is -0.113. The van der Waals surface area contributed by atoms with Gasteiger partial charge in [0.2, 0.25) is 11.9 Å². The van der Waals surface area contributed by atoms with Crippen LogP contribution in [0.15, 0.2) is 57.6 Å². The summed E-state index contributed by atoms with van der Waals surface area (Å²) in [5.41, 5.74) is 3.20. The summed E-state index contributed by atoms with van der Waals surface area (Å²) < 4.78 is 7.58. The maximum absolute atomic E-state index is 12.7. The van der Waals surface area contributed by atoms with Gasteiger partial charge in [-0.25, -0.2) is 4.98 Å². The quantitative estimate of drug-likeness (QED) is 0.330. The number of hydrogen-bond donors (Lipinski definition) is 1. The third-order valence-electron chi connectivity index (χ3n) is 5.72. The Morgan fingerprint density at radius 3 is 2.74 bits per heavy atom. The Kier molecular flexibility index (Phi) is 6.96. The summed E-state index contributed by atoms with van der Waals surface area (Å²) in [7, 11) is 0. The van der Waals surface area contributed by atoms with E-state index >= 15 is 0 Å². The standard InChI is InChI=1S/C24H26N6O2S2/c1-2-17-7-9-18(10-8-17)20-15-33-22(25-20)26-21(31)16-34-24-28-27-23(29-11-3-4-12-29)30(24)14-19-6-5-13-32-19/h5-10,13,15H,2-4,11-12,14,16H2,1H3,(H,25,26,31). The number of carbonyl (C=O) groups is 1. The summed E-state index contributed by atoms with van der Waals surface area (Å²) >= 11 is 2.80. The van der Waals surface area contributed by atoms with Crippen LogP contribution in [0.4, 0.5) is 11.1 Å². The Labute approximate surface area is 206 Å². The number of nitrogens with zero attached hydrogens (tertiary/aromatic N) is 5. The molecule has 0 radical (unpaired) electrons. The van der Waals surface area contributed by atoms with Crippen molar-refractivity contribution < 1.29 is 9.21 Å². The molecule has 4 aromatic rings. The van der Waals surface area contributed by atoms with Crippen molar-refractivity contribution in [1.82, 2.24) is 19.7 Å². The maximum atomic E-state index is 12.7. The molecule has 176 valence electrons. The van der Waals surface area contributed by atoms with Crippen LogP contribution >= 0.6 is 23.1 Å². The molecule has 1 fully saturated rings. The minimum absolute atomic E-state index is 0.123. The molecule has 0 saturated carbocycles. The van der Waals surface area contributed by atoms with E-state index in [9.17, 15) is 4.79 Å². The van der Waals surface area contributed by atoms with E-state index in [1.54, 1.807) is 6.26 Å². The van der Waals surface area contributed by atoms with Crippen molar-refractivity contribution in [2.24, 2.45) is 0 Å². The fourth-order valence-electron chi connectivity index (χ4n) is 3.90. The molecule has 3 aromatic heterocycles. The van der Waals surface area contributed by atoms with Crippen LogP contribution in [0.3, 0.4) is 0 Å². The molecule has 34 heavy (non-hydrogen) atoms. The lowest BCUT2D eigenvalue weighted by Gasteiger charge is -2.17. The lowest BCUT2D eigenvalue weighted by Crippen LogP contribution is -2.22. The number of thioether (sulfide) groups is 1. The molecule has 8 nitrogen and oxygen atoms in total. The monoisotopic (exact) mass is 494 g/mol. The molecule has 1 saturated heterocycles. The van der Waals surface area contributed by atoms with Gasteiger partial charge in [0.25, 0.3) is 0 Å². The van der Waals surface area contributed by atoms with Crippen LogP contribution in [0.1, 0.15) is 31.1 Å². The molecule has 1 aliphatic rings. The minimum atomic E-state index is -0.123. The van der Waals surface area contributed by atoms with Crippen LogP contribution in [0, 0.1) is 0 Å². The fraction of sp³-hybridized carbons (Fsp3) is 0.333. The normalized spacial score (nSPS) is 13.5. The fourth-order valence-corrected chi connectivity index (χ4v) is 5.36. The van der Waals surface area contributed by atoms with Crippen LogP contribution in [-0.2, 0) is 17.8 Å². The third-order valence-corrected chi connectivity index (χ3v) is 7.45. The molecule has 1 aromatic carbocycles. The third kappa shape index (κ3) is 5.18. The van der Waals surface area contributed by atoms with Crippen LogP contribution < -0.4 is 10.2 Å². The highest BCUT2D eigenvalue weighted by Crippen LogP contribution is 2.28. The second kappa shape index (κ2) is 10.4. The molecule has 4 heterocycles. The van der Waals surface area contributed by atoms with Gasteiger partial charge in [0.15, 0.2) is 10.3 Å². The number of furan rings is 1. The Morgan fingerprint density at radius 2 is 2.00 bits per heavy atom. The van der Waals surface area contributed by atoms with E-state index < -0.39 is 0 Å². The van der Waals surface area contributed by atoms with Gasteiger partial charge in [0.1, 0.15) is 5.76 Å². The van der Waals surface area contributed by atoms with Gasteiger partial charge in [-0.1, -0.05) is 43.0 Å². The Balaban J connectivity index is 1.23. The topological polar surface area (TPSA) is 89.1 Å². The van der Waals surface area contributed by atoms with Gasteiger partial charge < -0.3 is 14.6 Å². The summed E-state index contributed by atoms with van der Waals surface area (Å²) in [6.45, 7) is 4.60. The number of aromatic nitrogens is 4. The van der Waals surface area contributed by atoms with Crippen LogP contribution in [0.2, 0.25) is 0 Å². The SMILES string of the molecule is CCc1ccc(-c2csc(NC(=O)CSc3nnc(N4CCCC4)n3Cc3ccco3)n2)cc1. The van der Waals surface area contributed by atoms with E-state index in [2.05, 4.69) is 56.6 Å².